The van der Waals surface area contributed by atoms with Crippen LogP contribution in [0.15, 0.2) is 0 Å². The molecule has 2 heterocycles. The van der Waals surface area contributed by atoms with E-state index in [1.807, 2.05) is 25.9 Å². The van der Waals surface area contributed by atoms with E-state index >= 15 is 0 Å². The fourth-order valence-electron chi connectivity index (χ4n) is 1.43. The second-order valence-corrected chi connectivity index (χ2v) is 4.65. The number of rotatable bonds is 2. The van der Waals surface area contributed by atoms with E-state index in [4.69, 9.17) is 4.74 Å². The number of anilines is 1. The maximum atomic E-state index is 10.9. The fourth-order valence-corrected chi connectivity index (χ4v) is 2.46. The van der Waals surface area contributed by atoms with E-state index < -0.39 is 0 Å². The second-order valence-electron chi connectivity index (χ2n) is 3.64. The number of carbonyl (C=O) groups is 1. The third kappa shape index (κ3) is 1.90. The number of thiazole rings is 1. The predicted octanol–water partition coefficient (Wildman–Crippen LogP) is 1.30. The number of amides is 1. The topological polar surface area (TPSA) is 54.5 Å². The Bertz CT molecular complexity index is 389. The van der Waals surface area contributed by atoms with E-state index in [9.17, 15) is 4.79 Å². The van der Waals surface area contributed by atoms with Gasteiger partial charge in [0.1, 0.15) is 12.6 Å². The van der Waals surface area contributed by atoms with Gasteiger partial charge in [-0.15, -0.1) is 0 Å². The van der Waals surface area contributed by atoms with Crippen molar-refractivity contribution in [1.29, 1.82) is 0 Å². The Morgan fingerprint density at radius 1 is 1.60 bits per heavy atom. The van der Waals surface area contributed by atoms with Gasteiger partial charge in [0.2, 0.25) is 0 Å². The summed E-state index contributed by atoms with van der Waals surface area (Å²) in [5.74, 6) is 0. The lowest BCUT2D eigenvalue weighted by atomic mass is 10.2. The molecule has 1 saturated heterocycles. The van der Waals surface area contributed by atoms with Crippen molar-refractivity contribution in [3.8, 4) is 0 Å². The first-order valence-electron chi connectivity index (χ1n) is 4.66. The Balaban J connectivity index is 2.24. The zero-order chi connectivity index (χ0) is 11.0. The molecule has 6 heteroatoms. The Morgan fingerprint density at radius 3 is 2.80 bits per heavy atom. The van der Waals surface area contributed by atoms with Crippen LogP contribution in [0.25, 0.3) is 0 Å². The number of nitrogens with one attached hydrogen (secondary N) is 1. The number of aryl methyl sites for hydroxylation is 1. The van der Waals surface area contributed by atoms with Gasteiger partial charge in [-0.2, -0.15) is 0 Å². The zero-order valence-corrected chi connectivity index (χ0v) is 9.72. The molecule has 1 aromatic rings. The van der Waals surface area contributed by atoms with Crippen molar-refractivity contribution in [3.63, 3.8) is 0 Å². The van der Waals surface area contributed by atoms with E-state index in [1.165, 1.54) is 0 Å². The first kappa shape index (κ1) is 10.2. The maximum Gasteiger partial charge on any atom is 0.407 e. The number of alkyl carbamates (subject to hydrolysis) is 1. The monoisotopic (exact) mass is 227 g/mol. The van der Waals surface area contributed by atoms with Crippen LogP contribution >= 0.6 is 11.3 Å². The molecule has 2 rings (SSSR count). The summed E-state index contributed by atoms with van der Waals surface area (Å²) in [6.45, 7) is 2.35. The Morgan fingerprint density at radius 2 is 2.33 bits per heavy atom. The molecule has 82 valence electrons. The van der Waals surface area contributed by atoms with Gasteiger partial charge >= 0.3 is 6.09 Å². The second kappa shape index (κ2) is 3.69. The van der Waals surface area contributed by atoms with Crippen LogP contribution in [0.2, 0.25) is 0 Å². The Labute approximate surface area is 92.1 Å². The molecule has 1 aliphatic heterocycles. The van der Waals surface area contributed by atoms with E-state index in [0.29, 0.717) is 6.61 Å². The number of hydrogen-bond acceptors (Lipinski definition) is 5. The molecule has 1 amide bonds. The van der Waals surface area contributed by atoms with Crippen LogP contribution in [-0.2, 0) is 4.74 Å². The summed E-state index contributed by atoms with van der Waals surface area (Å²) in [6.07, 6.45) is -0.348. The lowest BCUT2D eigenvalue weighted by molar-refractivity contribution is 0.177. The molecular weight excluding hydrogens is 214 g/mol. The van der Waals surface area contributed by atoms with Crippen molar-refractivity contribution in [2.24, 2.45) is 0 Å². The molecule has 1 aliphatic rings. The molecule has 0 saturated carbocycles. The molecule has 0 radical (unpaired) electrons. The van der Waals surface area contributed by atoms with Crippen LogP contribution in [-0.4, -0.2) is 31.8 Å². The lowest BCUT2D eigenvalue weighted by Gasteiger charge is -2.06. The van der Waals surface area contributed by atoms with Crippen LogP contribution in [0.1, 0.15) is 16.6 Å². The number of hydrogen-bond donors (Lipinski definition) is 1. The van der Waals surface area contributed by atoms with Gasteiger partial charge in [0.05, 0.1) is 10.6 Å². The molecule has 1 atom stereocenters. The van der Waals surface area contributed by atoms with Crippen LogP contribution in [0.4, 0.5) is 9.93 Å². The first-order chi connectivity index (χ1) is 7.08. The largest absolute Gasteiger partial charge is 0.447 e. The van der Waals surface area contributed by atoms with Gasteiger partial charge in [-0.05, 0) is 6.92 Å². The van der Waals surface area contributed by atoms with Crippen LogP contribution < -0.4 is 10.2 Å². The Hall–Kier alpha value is -1.30. The summed E-state index contributed by atoms with van der Waals surface area (Å²) >= 11 is 1.59. The Kier molecular flexibility index (Phi) is 2.52. The molecule has 0 bridgehead atoms. The van der Waals surface area contributed by atoms with Crippen molar-refractivity contribution in [3.05, 3.63) is 10.6 Å². The normalized spacial score (nSPS) is 19.9. The van der Waals surface area contributed by atoms with E-state index in [1.54, 1.807) is 11.3 Å². The fraction of sp³-hybridized carbons (Fsp3) is 0.556. The highest BCUT2D eigenvalue weighted by molar-refractivity contribution is 7.15. The first-order valence-corrected chi connectivity index (χ1v) is 5.47. The third-order valence-corrected chi connectivity index (χ3v) is 3.63. The van der Waals surface area contributed by atoms with Crippen LogP contribution in [0.5, 0.6) is 0 Å². The van der Waals surface area contributed by atoms with Crippen molar-refractivity contribution >= 4 is 22.6 Å². The SMILES string of the molecule is Cc1nc(N(C)C)sc1C1COC(=O)N1. The number of carbonyl (C=O) groups excluding carboxylic acids is 1. The van der Waals surface area contributed by atoms with Gasteiger partial charge < -0.3 is 15.0 Å². The number of cyclic esters (lactones) is 1. The van der Waals surface area contributed by atoms with E-state index in [2.05, 4.69) is 10.3 Å². The van der Waals surface area contributed by atoms with Crippen LogP contribution in [0.3, 0.4) is 0 Å². The third-order valence-electron chi connectivity index (χ3n) is 2.19. The van der Waals surface area contributed by atoms with Crippen molar-refractivity contribution in [2.45, 2.75) is 13.0 Å². The minimum Gasteiger partial charge on any atom is -0.447 e. The number of aromatic nitrogens is 1. The average Bonchev–Trinajstić information content (AvgIpc) is 2.71. The summed E-state index contributed by atoms with van der Waals surface area (Å²) in [4.78, 5) is 18.4. The summed E-state index contributed by atoms with van der Waals surface area (Å²) in [7, 11) is 3.90. The minimum absolute atomic E-state index is 0.0382. The van der Waals surface area contributed by atoms with Crippen LogP contribution in [0, 0.1) is 6.92 Å². The van der Waals surface area contributed by atoms with E-state index in [0.717, 1.165) is 15.7 Å². The molecule has 5 nitrogen and oxygen atoms in total. The molecule has 0 spiro atoms. The average molecular weight is 227 g/mol. The molecule has 15 heavy (non-hydrogen) atoms. The van der Waals surface area contributed by atoms with Crippen molar-refractivity contribution in [2.75, 3.05) is 25.6 Å². The number of nitrogens with zero attached hydrogens (tertiary/aromatic N) is 2. The van der Waals surface area contributed by atoms with Crippen molar-refractivity contribution in [1.82, 2.24) is 10.3 Å². The van der Waals surface area contributed by atoms with Gasteiger partial charge in [0, 0.05) is 14.1 Å². The molecular formula is C9H13N3O2S. The standard InChI is InChI=1S/C9H13N3O2S/c1-5-7(6-4-14-9(13)11-6)15-8(10-5)12(2)3/h6H,4H2,1-3H3,(H,11,13). The maximum absolute atomic E-state index is 10.9. The highest BCUT2D eigenvalue weighted by Crippen LogP contribution is 2.31. The van der Waals surface area contributed by atoms with Gasteiger partial charge in [0.15, 0.2) is 5.13 Å². The molecule has 1 fully saturated rings. The molecule has 1 unspecified atom stereocenters. The lowest BCUT2D eigenvalue weighted by Crippen LogP contribution is -2.17. The molecule has 1 N–H and O–H groups in total. The summed E-state index contributed by atoms with van der Waals surface area (Å²) in [5.41, 5.74) is 0.958. The molecule has 0 aromatic carbocycles. The minimum atomic E-state index is -0.348. The quantitative estimate of drug-likeness (QED) is 0.827. The highest BCUT2D eigenvalue weighted by atomic mass is 32.1. The molecule has 1 aromatic heterocycles. The summed E-state index contributed by atoms with van der Waals surface area (Å²) in [5, 5.41) is 3.70. The van der Waals surface area contributed by atoms with Gasteiger partial charge in [-0.25, -0.2) is 9.78 Å². The van der Waals surface area contributed by atoms with Gasteiger partial charge in [-0.1, -0.05) is 11.3 Å². The summed E-state index contributed by atoms with van der Waals surface area (Å²) < 4.78 is 4.86. The number of ether oxygens (including phenoxy) is 1. The van der Waals surface area contributed by atoms with E-state index in [-0.39, 0.29) is 12.1 Å². The molecule has 0 aliphatic carbocycles. The van der Waals surface area contributed by atoms with Gasteiger partial charge in [-0.3, -0.25) is 0 Å². The van der Waals surface area contributed by atoms with Gasteiger partial charge in [0.25, 0.3) is 0 Å². The smallest absolute Gasteiger partial charge is 0.407 e. The van der Waals surface area contributed by atoms with Crippen molar-refractivity contribution < 1.29 is 9.53 Å². The summed E-state index contributed by atoms with van der Waals surface area (Å²) in [6, 6.07) is -0.0382. The zero-order valence-electron chi connectivity index (χ0n) is 8.90. The highest BCUT2D eigenvalue weighted by Gasteiger charge is 2.27. The predicted molar refractivity (Wildman–Crippen MR) is 58.4 cm³/mol.